The third-order valence-corrected chi connectivity index (χ3v) is 4.36. The van der Waals surface area contributed by atoms with Gasteiger partial charge in [-0.25, -0.2) is 9.78 Å². The van der Waals surface area contributed by atoms with Gasteiger partial charge >= 0.3 is 5.63 Å². The number of nitrogens with zero attached hydrogens (tertiary/aromatic N) is 1. The van der Waals surface area contributed by atoms with Crippen molar-refractivity contribution in [1.82, 2.24) is 9.97 Å². The number of benzene rings is 3. The zero-order chi connectivity index (χ0) is 17.0. The molecule has 0 unspecified atom stereocenters. The zero-order valence-corrected chi connectivity index (χ0v) is 13.0. The molecule has 5 heteroatoms. The molecule has 120 valence electrons. The van der Waals surface area contributed by atoms with Crippen LogP contribution in [0.2, 0.25) is 0 Å². The summed E-state index contributed by atoms with van der Waals surface area (Å²) in [5.41, 5.74) is 2.02. The summed E-state index contributed by atoms with van der Waals surface area (Å²) in [7, 11) is 0. The van der Waals surface area contributed by atoms with Crippen molar-refractivity contribution in [2.24, 2.45) is 0 Å². The molecule has 0 fully saturated rings. The molecule has 0 aliphatic carbocycles. The lowest BCUT2D eigenvalue weighted by Crippen LogP contribution is -2.03. The second kappa shape index (κ2) is 4.95. The molecule has 0 bridgehead atoms. The molecule has 5 rings (SSSR count). The van der Waals surface area contributed by atoms with Gasteiger partial charge in [-0.05, 0) is 47.2 Å². The first-order valence-corrected chi connectivity index (χ1v) is 7.84. The summed E-state index contributed by atoms with van der Waals surface area (Å²) in [5.74, 6) is 0.630. The number of aromatic nitrogens is 2. The highest BCUT2D eigenvalue weighted by Gasteiger charge is 2.13. The average Bonchev–Trinajstić information content (AvgIpc) is 3.04. The highest BCUT2D eigenvalue weighted by Crippen LogP contribution is 2.30. The molecule has 5 aromatic rings. The number of aromatic hydroxyl groups is 1. The second-order valence-electron chi connectivity index (χ2n) is 5.93. The summed E-state index contributed by atoms with van der Waals surface area (Å²) in [5, 5.41) is 12.3. The number of nitrogens with one attached hydrogen (secondary N) is 1. The molecular weight excluding hydrogens is 316 g/mol. The average molecular weight is 328 g/mol. The van der Waals surface area contributed by atoms with E-state index in [1.165, 1.54) is 0 Å². The Morgan fingerprint density at radius 2 is 1.80 bits per heavy atom. The van der Waals surface area contributed by atoms with Crippen LogP contribution in [0.1, 0.15) is 0 Å². The van der Waals surface area contributed by atoms with Gasteiger partial charge in [-0.3, -0.25) is 0 Å². The predicted octanol–water partition coefficient (Wildman–Crippen LogP) is 4.20. The smallest absolute Gasteiger partial charge is 0.347 e. The van der Waals surface area contributed by atoms with Crippen LogP contribution in [0.4, 0.5) is 0 Å². The number of phenolic OH excluding ortho intramolecular Hbond substituents is 1. The van der Waals surface area contributed by atoms with Crippen molar-refractivity contribution in [3.05, 3.63) is 71.1 Å². The van der Waals surface area contributed by atoms with Gasteiger partial charge in [0.2, 0.25) is 0 Å². The van der Waals surface area contributed by atoms with Gasteiger partial charge in [0.15, 0.2) is 0 Å². The lowest BCUT2D eigenvalue weighted by Gasteiger charge is -2.05. The quantitative estimate of drug-likeness (QED) is 0.357. The summed E-state index contributed by atoms with van der Waals surface area (Å²) >= 11 is 0. The molecule has 0 atom stereocenters. The number of hydrogen-bond donors (Lipinski definition) is 2. The van der Waals surface area contributed by atoms with Crippen molar-refractivity contribution >= 4 is 32.8 Å². The van der Waals surface area contributed by atoms with Crippen LogP contribution in [0.3, 0.4) is 0 Å². The predicted molar refractivity (Wildman–Crippen MR) is 96.7 cm³/mol. The Morgan fingerprint density at radius 1 is 0.960 bits per heavy atom. The molecular formula is C20H12N2O3. The maximum Gasteiger partial charge on any atom is 0.347 e. The number of para-hydroxylation sites is 2. The topological polar surface area (TPSA) is 79.1 Å². The van der Waals surface area contributed by atoms with E-state index in [2.05, 4.69) is 9.97 Å². The van der Waals surface area contributed by atoms with Crippen LogP contribution < -0.4 is 5.63 Å². The Balaban J connectivity index is 1.86. The van der Waals surface area contributed by atoms with E-state index in [4.69, 9.17) is 4.42 Å². The SMILES string of the molecule is O=c1oc2ccc3ccc(O)cc3c2cc1-c1nc2ccccc2[nH]1. The first-order valence-electron chi connectivity index (χ1n) is 7.84. The third-order valence-electron chi connectivity index (χ3n) is 4.36. The van der Waals surface area contributed by atoms with Gasteiger partial charge < -0.3 is 14.5 Å². The zero-order valence-electron chi connectivity index (χ0n) is 13.0. The molecule has 0 aliphatic heterocycles. The molecule has 0 aliphatic rings. The van der Waals surface area contributed by atoms with Crippen molar-refractivity contribution in [2.45, 2.75) is 0 Å². The largest absolute Gasteiger partial charge is 0.508 e. The van der Waals surface area contributed by atoms with Crippen molar-refractivity contribution in [3.8, 4) is 17.1 Å². The Morgan fingerprint density at radius 3 is 2.68 bits per heavy atom. The molecule has 3 aromatic carbocycles. The van der Waals surface area contributed by atoms with Gasteiger partial charge in [0.1, 0.15) is 22.7 Å². The van der Waals surface area contributed by atoms with E-state index in [1.54, 1.807) is 24.3 Å². The Bertz CT molecular complexity index is 1300. The third kappa shape index (κ3) is 2.10. The summed E-state index contributed by atoms with van der Waals surface area (Å²) < 4.78 is 5.49. The van der Waals surface area contributed by atoms with Crippen molar-refractivity contribution in [2.75, 3.05) is 0 Å². The van der Waals surface area contributed by atoms with E-state index in [-0.39, 0.29) is 5.75 Å². The summed E-state index contributed by atoms with van der Waals surface area (Å²) in [6.45, 7) is 0. The Hall–Kier alpha value is -3.60. The fraction of sp³-hybridized carbons (Fsp3) is 0. The molecule has 2 heterocycles. The molecule has 2 aromatic heterocycles. The van der Waals surface area contributed by atoms with Crippen molar-refractivity contribution < 1.29 is 9.52 Å². The summed E-state index contributed by atoms with van der Waals surface area (Å²) in [4.78, 5) is 20.1. The van der Waals surface area contributed by atoms with Crippen LogP contribution in [-0.2, 0) is 0 Å². The number of hydrogen-bond acceptors (Lipinski definition) is 4. The van der Waals surface area contributed by atoms with E-state index >= 15 is 0 Å². The van der Waals surface area contributed by atoms with Gasteiger partial charge in [-0.15, -0.1) is 0 Å². The molecule has 2 N–H and O–H groups in total. The molecule has 0 radical (unpaired) electrons. The van der Waals surface area contributed by atoms with Crippen LogP contribution in [0.5, 0.6) is 5.75 Å². The van der Waals surface area contributed by atoms with Gasteiger partial charge in [-0.2, -0.15) is 0 Å². The van der Waals surface area contributed by atoms with Gasteiger partial charge in [-0.1, -0.05) is 24.3 Å². The number of aromatic amines is 1. The highest BCUT2D eigenvalue weighted by atomic mass is 16.4. The highest BCUT2D eigenvalue weighted by molar-refractivity contribution is 6.06. The van der Waals surface area contributed by atoms with Crippen molar-refractivity contribution in [1.29, 1.82) is 0 Å². The lowest BCUT2D eigenvalue weighted by molar-refractivity contribution is 0.476. The van der Waals surface area contributed by atoms with Crippen LogP contribution in [0, 0.1) is 0 Å². The normalized spacial score (nSPS) is 11.5. The van der Waals surface area contributed by atoms with Crippen molar-refractivity contribution in [3.63, 3.8) is 0 Å². The fourth-order valence-corrected chi connectivity index (χ4v) is 3.15. The minimum Gasteiger partial charge on any atom is -0.508 e. The molecule has 0 amide bonds. The Kier molecular flexibility index (Phi) is 2.73. The molecule has 0 saturated heterocycles. The van der Waals surface area contributed by atoms with E-state index < -0.39 is 5.63 Å². The first-order chi connectivity index (χ1) is 12.2. The molecule has 25 heavy (non-hydrogen) atoms. The number of fused-ring (bicyclic) bond motifs is 4. The van der Waals surface area contributed by atoms with Gasteiger partial charge in [0.05, 0.1) is 11.0 Å². The van der Waals surface area contributed by atoms with E-state index in [1.807, 2.05) is 36.4 Å². The monoisotopic (exact) mass is 328 g/mol. The number of imidazole rings is 1. The lowest BCUT2D eigenvalue weighted by atomic mass is 10.0. The van der Waals surface area contributed by atoms with E-state index in [9.17, 15) is 9.90 Å². The van der Waals surface area contributed by atoms with Crippen LogP contribution in [0.15, 0.2) is 69.9 Å². The summed E-state index contributed by atoms with van der Waals surface area (Å²) in [6.07, 6.45) is 0. The molecule has 0 saturated carbocycles. The maximum absolute atomic E-state index is 12.4. The number of rotatable bonds is 1. The minimum atomic E-state index is -0.453. The fourth-order valence-electron chi connectivity index (χ4n) is 3.15. The van der Waals surface area contributed by atoms with Crippen LogP contribution >= 0.6 is 0 Å². The maximum atomic E-state index is 12.4. The van der Waals surface area contributed by atoms with Gasteiger partial charge in [0, 0.05) is 5.39 Å². The van der Waals surface area contributed by atoms with Crippen LogP contribution in [0.25, 0.3) is 44.2 Å². The van der Waals surface area contributed by atoms with E-state index in [0.29, 0.717) is 17.0 Å². The molecule has 0 spiro atoms. The Labute approximate surface area is 141 Å². The van der Waals surface area contributed by atoms with Crippen LogP contribution in [-0.4, -0.2) is 15.1 Å². The van der Waals surface area contributed by atoms with Gasteiger partial charge in [0.25, 0.3) is 0 Å². The second-order valence-corrected chi connectivity index (χ2v) is 5.93. The summed E-state index contributed by atoms with van der Waals surface area (Å²) in [6, 6.07) is 18.1. The number of phenols is 1. The first kappa shape index (κ1) is 13.8. The standard InChI is InChI=1S/C20H12N2O3/c23-12-7-5-11-6-8-18-14(13(11)9-12)10-15(20(24)25-18)19-21-16-3-1-2-4-17(16)22-19/h1-10,23H,(H,21,22). The van der Waals surface area contributed by atoms with E-state index in [0.717, 1.165) is 27.2 Å². The molecule has 5 nitrogen and oxygen atoms in total. The minimum absolute atomic E-state index is 0.163. The number of H-pyrrole nitrogens is 1.